The molecule has 1 atom stereocenters. The van der Waals surface area contributed by atoms with E-state index in [2.05, 4.69) is 10.6 Å². The maximum atomic E-state index is 12.7. The Kier molecular flexibility index (Phi) is 8.98. The smallest absolute Gasteiger partial charge is 0.326 e. The van der Waals surface area contributed by atoms with Crippen molar-refractivity contribution >= 4 is 35.1 Å². The normalized spacial score (nSPS) is 11.6. The van der Waals surface area contributed by atoms with E-state index in [1.165, 1.54) is 12.1 Å². The zero-order chi connectivity index (χ0) is 25.5. The monoisotopic (exact) mass is 516 g/mol. The highest BCUT2D eigenvalue weighted by Crippen LogP contribution is 2.39. The fraction of sp³-hybridized carbons (Fsp3) is 0.231. The van der Waals surface area contributed by atoms with Gasteiger partial charge in [-0.1, -0.05) is 53.5 Å². The summed E-state index contributed by atoms with van der Waals surface area (Å²) in [5, 5.41) is 15.6. The molecule has 9 heteroatoms. The van der Waals surface area contributed by atoms with Crippen LogP contribution in [0.1, 0.15) is 21.5 Å². The van der Waals surface area contributed by atoms with Gasteiger partial charge in [0, 0.05) is 13.0 Å². The van der Waals surface area contributed by atoms with Crippen molar-refractivity contribution in [2.24, 2.45) is 0 Å². The quantitative estimate of drug-likeness (QED) is 0.357. The third kappa shape index (κ3) is 6.25. The molecular weight excluding hydrogens is 491 g/mol. The van der Waals surface area contributed by atoms with Gasteiger partial charge in [-0.15, -0.1) is 0 Å². The van der Waals surface area contributed by atoms with E-state index in [1.54, 1.807) is 32.4 Å². The van der Waals surface area contributed by atoms with Gasteiger partial charge in [-0.3, -0.25) is 4.79 Å². The highest BCUT2D eigenvalue weighted by atomic mass is 35.5. The van der Waals surface area contributed by atoms with Crippen LogP contribution in [0.4, 0.5) is 0 Å². The number of ether oxygens (including phenoxy) is 2. The van der Waals surface area contributed by atoms with E-state index in [0.29, 0.717) is 18.0 Å². The molecule has 1 amide bonds. The minimum absolute atomic E-state index is 0.0401. The summed E-state index contributed by atoms with van der Waals surface area (Å²) >= 11 is 12.2. The number of hydrogen-bond donors (Lipinski definition) is 3. The number of benzene rings is 3. The number of methoxy groups -OCH3 is 2. The molecule has 0 aromatic heterocycles. The number of rotatable bonds is 10. The summed E-state index contributed by atoms with van der Waals surface area (Å²) in [6.07, 6.45) is 0.0683. The second kappa shape index (κ2) is 11.9. The topological polar surface area (TPSA) is 96.9 Å². The lowest BCUT2D eigenvalue weighted by Crippen LogP contribution is -2.42. The van der Waals surface area contributed by atoms with Gasteiger partial charge in [0.25, 0.3) is 5.91 Å². The predicted octanol–water partition coefficient (Wildman–Crippen LogP) is 4.82. The molecule has 0 bridgehead atoms. The number of aliphatic carboxylic acids is 1. The molecular formula is C26H26Cl2N2O5. The van der Waals surface area contributed by atoms with Crippen LogP contribution < -0.4 is 20.1 Å². The van der Waals surface area contributed by atoms with Gasteiger partial charge in [-0.25, -0.2) is 4.79 Å². The number of nitrogens with one attached hydrogen (secondary N) is 2. The third-order valence-corrected chi connectivity index (χ3v) is 6.05. The van der Waals surface area contributed by atoms with E-state index in [9.17, 15) is 14.7 Å². The first-order chi connectivity index (χ1) is 16.8. The van der Waals surface area contributed by atoms with Gasteiger partial charge in [0.05, 0.1) is 35.4 Å². The summed E-state index contributed by atoms with van der Waals surface area (Å²) in [6, 6.07) is 14.7. The van der Waals surface area contributed by atoms with E-state index in [4.69, 9.17) is 32.7 Å². The number of carbonyl (C=O) groups excluding carboxylic acids is 1. The summed E-state index contributed by atoms with van der Waals surface area (Å²) in [5.74, 6) is -0.501. The zero-order valence-corrected chi connectivity index (χ0v) is 21.0. The van der Waals surface area contributed by atoms with E-state index in [0.717, 1.165) is 22.3 Å². The zero-order valence-electron chi connectivity index (χ0n) is 19.5. The largest absolute Gasteiger partial charge is 0.496 e. The van der Waals surface area contributed by atoms with Gasteiger partial charge >= 0.3 is 5.97 Å². The molecule has 0 saturated heterocycles. The Morgan fingerprint density at radius 1 is 0.943 bits per heavy atom. The Hall–Kier alpha value is -3.26. The van der Waals surface area contributed by atoms with Gasteiger partial charge in [0.2, 0.25) is 0 Å². The Morgan fingerprint density at radius 3 is 2.00 bits per heavy atom. The van der Waals surface area contributed by atoms with Crippen molar-refractivity contribution in [1.29, 1.82) is 0 Å². The molecule has 35 heavy (non-hydrogen) atoms. The number of amides is 1. The molecule has 3 N–H and O–H groups in total. The number of carbonyl (C=O) groups is 2. The van der Waals surface area contributed by atoms with E-state index >= 15 is 0 Å². The summed E-state index contributed by atoms with van der Waals surface area (Å²) < 4.78 is 11.2. The van der Waals surface area contributed by atoms with Gasteiger partial charge < -0.3 is 25.2 Å². The highest BCUT2D eigenvalue weighted by molar-refractivity contribution is 6.39. The molecule has 3 rings (SSSR count). The minimum Gasteiger partial charge on any atom is -0.496 e. The van der Waals surface area contributed by atoms with Crippen molar-refractivity contribution < 1.29 is 24.2 Å². The third-order valence-electron chi connectivity index (χ3n) is 5.42. The van der Waals surface area contributed by atoms with E-state index in [-0.39, 0.29) is 22.0 Å². The van der Waals surface area contributed by atoms with Crippen LogP contribution in [-0.2, 0) is 17.8 Å². The van der Waals surface area contributed by atoms with Crippen molar-refractivity contribution in [1.82, 2.24) is 10.6 Å². The summed E-state index contributed by atoms with van der Waals surface area (Å²) in [5.41, 5.74) is 3.41. The van der Waals surface area contributed by atoms with Crippen molar-refractivity contribution in [2.75, 3.05) is 21.3 Å². The van der Waals surface area contributed by atoms with Crippen LogP contribution in [0.25, 0.3) is 11.1 Å². The number of halogens is 2. The minimum atomic E-state index is -1.18. The Bertz CT molecular complexity index is 1170. The number of carboxylic acids is 1. The van der Waals surface area contributed by atoms with Crippen LogP contribution in [-0.4, -0.2) is 44.3 Å². The van der Waals surface area contributed by atoms with Crippen LogP contribution in [0.3, 0.4) is 0 Å². The summed E-state index contributed by atoms with van der Waals surface area (Å²) in [4.78, 5) is 24.5. The molecule has 0 radical (unpaired) electrons. The molecule has 0 fully saturated rings. The standard InChI is InChI=1S/C26H26Cl2N2O5/c1-29-14-16-12-21(34-2)23(22(13-16)35-3)17-9-7-15(8-10-17)11-20(26(32)33)30-25(31)24-18(27)5-4-6-19(24)28/h4-10,12-13,20,29H,11,14H2,1-3H3,(H,30,31)(H,32,33)/t20-/m0/s1. The molecule has 7 nitrogen and oxygen atoms in total. The second-order valence-electron chi connectivity index (χ2n) is 7.77. The first-order valence-electron chi connectivity index (χ1n) is 10.8. The van der Waals surface area contributed by atoms with Crippen molar-refractivity contribution in [3.05, 3.63) is 81.3 Å². The molecule has 0 unspecified atom stereocenters. The van der Waals surface area contributed by atoms with Gasteiger partial charge in [-0.2, -0.15) is 0 Å². The molecule has 3 aromatic rings. The fourth-order valence-electron chi connectivity index (χ4n) is 3.75. The summed E-state index contributed by atoms with van der Waals surface area (Å²) in [7, 11) is 5.06. The SMILES string of the molecule is CNCc1cc(OC)c(-c2ccc(C[C@H](NC(=O)c3c(Cl)cccc3Cl)C(=O)O)cc2)c(OC)c1. The van der Waals surface area contributed by atoms with Crippen LogP contribution in [0.5, 0.6) is 11.5 Å². The number of hydrogen-bond acceptors (Lipinski definition) is 5. The molecule has 0 saturated carbocycles. The van der Waals surface area contributed by atoms with Crippen LogP contribution in [0, 0.1) is 0 Å². The first-order valence-corrected chi connectivity index (χ1v) is 11.5. The van der Waals surface area contributed by atoms with Crippen LogP contribution >= 0.6 is 23.2 Å². The summed E-state index contributed by atoms with van der Waals surface area (Å²) in [6.45, 7) is 0.660. The maximum Gasteiger partial charge on any atom is 0.326 e. The molecule has 184 valence electrons. The van der Waals surface area contributed by atoms with Crippen LogP contribution in [0.2, 0.25) is 10.0 Å². The highest BCUT2D eigenvalue weighted by Gasteiger charge is 2.24. The van der Waals surface area contributed by atoms with E-state index in [1.807, 2.05) is 31.3 Å². The lowest BCUT2D eigenvalue weighted by atomic mass is 9.98. The van der Waals surface area contributed by atoms with Gasteiger partial charge in [0.1, 0.15) is 17.5 Å². The van der Waals surface area contributed by atoms with Crippen LogP contribution in [0.15, 0.2) is 54.6 Å². The Balaban J connectivity index is 1.84. The average molecular weight is 517 g/mol. The lowest BCUT2D eigenvalue weighted by molar-refractivity contribution is -0.139. The predicted molar refractivity (Wildman–Crippen MR) is 137 cm³/mol. The maximum absolute atomic E-state index is 12.7. The van der Waals surface area contributed by atoms with E-state index < -0.39 is 17.9 Å². The molecule has 0 aliphatic heterocycles. The van der Waals surface area contributed by atoms with Crippen molar-refractivity contribution in [2.45, 2.75) is 19.0 Å². The molecule has 0 heterocycles. The first kappa shape index (κ1) is 26.3. The molecule has 0 spiro atoms. The molecule has 0 aliphatic carbocycles. The van der Waals surface area contributed by atoms with Gasteiger partial charge in [-0.05, 0) is 48.0 Å². The number of carboxylic acid groups (broad SMARTS) is 1. The Morgan fingerprint density at radius 2 is 1.51 bits per heavy atom. The Labute approximate surface area is 214 Å². The van der Waals surface area contributed by atoms with Crippen molar-refractivity contribution in [3.8, 4) is 22.6 Å². The average Bonchev–Trinajstić information content (AvgIpc) is 2.83. The fourth-order valence-corrected chi connectivity index (χ4v) is 4.31. The van der Waals surface area contributed by atoms with Gasteiger partial charge in [0.15, 0.2) is 0 Å². The lowest BCUT2D eigenvalue weighted by Gasteiger charge is -2.17. The molecule has 0 aliphatic rings. The molecule has 3 aromatic carbocycles. The van der Waals surface area contributed by atoms with Crippen molar-refractivity contribution in [3.63, 3.8) is 0 Å². The second-order valence-corrected chi connectivity index (χ2v) is 8.58.